The second-order valence-electron chi connectivity index (χ2n) is 2.94. The Morgan fingerprint density at radius 3 is 2.87 bits per heavy atom. The van der Waals surface area contributed by atoms with Crippen LogP contribution in [0.1, 0.15) is 5.56 Å². The Hall–Kier alpha value is -0.660. The summed E-state index contributed by atoms with van der Waals surface area (Å²) in [6, 6.07) is 1.84. The molecule has 2 rings (SSSR count). The van der Waals surface area contributed by atoms with Crippen LogP contribution in [-0.2, 0) is 6.54 Å². The van der Waals surface area contributed by atoms with E-state index < -0.39 is 0 Å². The number of hydrogen-bond acceptors (Lipinski definition) is 3. The van der Waals surface area contributed by atoms with Crippen LogP contribution >= 0.6 is 34.2 Å². The van der Waals surface area contributed by atoms with Gasteiger partial charge in [-0.2, -0.15) is 5.10 Å². The fourth-order valence-corrected chi connectivity index (χ4v) is 1.74. The summed E-state index contributed by atoms with van der Waals surface area (Å²) in [5.74, 6) is 0.725. The van der Waals surface area contributed by atoms with Crippen molar-refractivity contribution >= 4 is 34.2 Å². The van der Waals surface area contributed by atoms with Crippen molar-refractivity contribution < 1.29 is 0 Å². The molecular formula is C9H8ClIN4. The van der Waals surface area contributed by atoms with Gasteiger partial charge in [-0.1, -0.05) is 11.6 Å². The van der Waals surface area contributed by atoms with Gasteiger partial charge in [-0.15, -0.1) is 0 Å². The van der Waals surface area contributed by atoms with Gasteiger partial charge in [0.2, 0.25) is 0 Å². The molecule has 2 aromatic heterocycles. The molecular weight excluding hydrogens is 326 g/mol. The minimum atomic E-state index is 0.396. The Kier molecular flexibility index (Phi) is 3.22. The van der Waals surface area contributed by atoms with Crippen molar-refractivity contribution in [1.29, 1.82) is 0 Å². The monoisotopic (exact) mass is 334 g/mol. The lowest BCUT2D eigenvalue weighted by Gasteiger charge is -2.04. The van der Waals surface area contributed by atoms with E-state index in [2.05, 4.69) is 32.7 Å². The van der Waals surface area contributed by atoms with Crippen LogP contribution in [0.2, 0.25) is 5.02 Å². The van der Waals surface area contributed by atoms with Crippen LogP contribution in [0.15, 0.2) is 24.7 Å². The average Bonchev–Trinajstić information content (AvgIpc) is 2.66. The summed E-state index contributed by atoms with van der Waals surface area (Å²) in [7, 11) is 0. The zero-order chi connectivity index (χ0) is 10.8. The fraction of sp³-hybridized carbons (Fsp3) is 0.111. The zero-order valence-electron chi connectivity index (χ0n) is 7.69. The van der Waals surface area contributed by atoms with Gasteiger partial charge in [0, 0.05) is 18.9 Å². The summed E-state index contributed by atoms with van der Waals surface area (Å²) < 4.78 is 2.75. The number of nitrogens with zero attached hydrogens (tertiary/aromatic N) is 3. The van der Waals surface area contributed by atoms with E-state index in [9.17, 15) is 0 Å². The number of halogens is 2. The highest BCUT2D eigenvalue weighted by atomic mass is 127. The van der Waals surface area contributed by atoms with E-state index in [0.717, 1.165) is 15.0 Å². The molecule has 15 heavy (non-hydrogen) atoms. The summed E-state index contributed by atoms with van der Waals surface area (Å²) in [4.78, 5) is 4.18. The molecule has 0 spiro atoms. The first-order valence-corrected chi connectivity index (χ1v) is 5.71. The van der Waals surface area contributed by atoms with Gasteiger partial charge in [-0.05, 0) is 34.2 Å². The Balaban J connectivity index is 2.45. The van der Waals surface area contributed by atoms with Crippen LogP contribution in [0, 0.1) is 3.57 Å². The molecule has 0 aliphatic heterocycles. The molecule has 0 unspecified atom stereocenters. The Labute approximate surface area is 106 Å². The van der Waals surface area contributed by atoms with Crippen molar-refractivity contribution in [2.75, 3.05) is 0 Å². The molecule has 78 valence electrons. The van der Waals surface area contributed by atoms with Crippen LogP contribution < -0.4 is 5.73 Å². The molecule has 2 N–H and O–H groups in total. The van der Waals surface area contributed by atoms with Crippen molar-refractivity contribution in [2.24, 2.45) is 5.73 Å². The molecule has 0 saturated heterocycles. The molecule has 2 heterocycles. The maximum atomic E-state index is 5.92. The molecule has 4 nitrogen and oxygen atoms in total. The quantitative estimate of drug-likeness (QED) is 0.855. The highest BCUT2D eigenvalue weighted by Gasteiger charge is 2.04. The average molecular weight is 335 g/mol. The molecule has 6 heteroatoms. The van der Waals surface area contributed by atoms with Crippen LogP contribution in [0.25, 0.3) is 5.82 Å². The molecule has 0 aromatic carbocycles. The second-order valence-corrected chi connectivity index (χ2v) is 4.59. The molecule has 2 aromatic rings. The molecule has 0 radical (unpaired) electrons. The van der Waals surface area contributed by atoms with Crippen LogP contribution in [0.3, 0.4) is 0 Å². The third-order valence-corrected chi connectivity index (χ3v) is 2.82. The Bertz CT molecular complexity index is 483. The van der Waals surface area contributed by atoms with Crippen LogP contribution in [-0.4, -0.2) is 14.8 Å². The van der Waals surface area contributed by atoms with E-state index in [1.165, 1.54) is 0 Å². The summed E-state index contributed by atoms with van der Waals surface area (Å²) in [6.07, 6.45) is 5.24. The summed E-state index contributed by atoms with van der Waals surface area (Å²) in [5.41, 5.74) is 6.43. The van der Waals surface area contributed by atoms with Gasteiger partial charge in [0.25, 0.3) is 0 Å². The van der Waals surface area contributed by atoms with E-state index in [-0.39, 0.29) is 0 Å². The first kappa shape index (κ1) is 10.8. The Morgan fingerprint density at radius 1 is 1.47 bits per heavy atom. The number of aromatic nitrogens is 3. The van der Waals surface area contributed by atoms with E-state index in [0.29, 0.717) is 11.6 Å². The first-order chi connectivity index (χ1) is 7.20. The van der Waals surface area contributed by atoms with Gasteiger partial charge >= 0.3 is 0 Å². The largest absolute Gasteiger partial charge is 0.326 e. The maximum Gasteiger partial charge on any atom is 0.153 e. The van der Waals surface area contributed by atoms with E-state index in [1.54, 1.807) is 17.1 Å². The van der Waals surface area contributed by atoms with Crippen molar-refractivity contribution in [1.82, 2.24) is 14.8 Å². The minimum Gasteiger partial charge on any atom is -0.326 e. The first-order valence-electron chi connectivity index (χ1n) is 4.25. The summed E-state index contributed by atoms with van der Waals surface area (Å²) in [5, 5.41) is 4.74. The van der Waals surface area contributed by atoms with E-state index in [4.69, 9.17) is 17.3 Å². The smallest absolute Gasteiger partial charge is 0.153 e. The van der Waals surface area contributed by atoms with E-state index >= 15 is 0 Å². The van der Waals surface area contributed by atoms with Gasteiger partial charge in [0.05, 0.1) is 14.8 Å². The molecule has 0 aliphatic rings. The van der Waals surface area contributed by atoms with Gasteiger partial charge < -0.3 is 5.73 Å². The number of pyridine rings is 1. The maximum absolute atomic E-state index is 5.92. The summed E-state index contributed by atoms with van der Waals surface area (Å²) in [6.45, 7) is 0.396. The summed E-state index contributed by atoms with van der Waals surface area (Å²) >= 11 is 8.11. The normalized spacial score (nSPS) is 10.6. The molecule has 0 amide bonds. The van der Waals surface area contributed by atoms with Gasteiger partial charge in [0.1, 0.15) is 0 Å². The van der Waals surface area contributed by atoms with Gasteiger partial charge in [-0.3, -0.25) is 0 Å². The van der Waals surface area contributed by atoms with Crippen LogP contribution in [0.4, 0.5) is 0 Å². The third kappa shape index (κ3) is 2.30. The topological polar surface area (TPSA) is 56.7 Å². The number of nitrogens with two attached hydrogens (primary N) is 1. The molecule has 0 bridgehead atoms. The highest BCUT2D eigenvalue weighted by molar-refractivity contribution is 14.1. The highest BCUT2D eigenvalue weighted by Crippen LogP contribution is 2.17. The molecule has 0 saturated carbocycles. The van der Waals surface area contributed by atoms with Crippen molar-refractivity contribution in [3.05, 3.63) is 38.8 Å². The number of hydrogen-bond donors (Lipinski definition) is 1. The molecule has 0 fully saturated rings. The number of rotatable bonds is 2. The molecule has 0 aliphatic carbocycles. The predicted octanol–water partition coefficient (Wildman–Crippen LogP) is 1.98. The standard InChI is InChI=1S/C9H8ClIN4/c10-8-4-13-9(1-6(8)2-12)15-5-7(11)3-14-15/h1,3-5H,2,12H2. The second kappa shape index (κ2) is 4.46. The van der Waals surface area contributed by atoms with Gasteiger partial charge in [-0.25, -0.2) is 9.67 Å². The van der Waals surface area contributed by atoms with Crippen molar-refractivity contribution in [2.45, 2.75) is 6.54 Å². The predicted molar refractivity (Wildman–Crippen MR) is 67.0 cm³/mol. The zero-order valence-corrected chi connectivity index (χ0v) is 10.6. The minimum absolute atomic E-state index is 0.396. The molecule has 0 atom stereocenters. The van der Waals surface area contributed by atoms with Crippen molar-refractivity contribution in [3.8, 4) is 5.82 Å². The van der Waals surface area contributed by atoms with Crippen molar-refractivity contribution in [3.63, 3.8) is 0 Å². The SMILES string of the molecule is NCc1cc(-n2cc(I)cn2)ncc1Cl. The third-order valence-electron chi connectivity index (χ3n) is 1.93. The fourth-order valence-electron chi connectivity index (χ4n) is 1.18. The van der Waals surface area contributed by atoms with Crippen LogP contribution in [0.5, 0.6) is 0 Å². The lowest BCUT2D eigenvalue weighted by atomic mass is 10.2. The van der Waals surface area contributed by atoms with E-state index in [1.807, 2.05) is 12.3 Å². The Morgan fingerprint density at radius 2 is 2.27 bits per heavy atom. The van der Waals surface area contributed by atoms with Gasteiger partial charge in [0.15, 0.2) is 5.82 Å². The lowest BCUT2D eigenvalue weighted by molar-refractivity contribution is 0.841. The lowest BCUT2D eigenvalue weighted by Crippen LogP contribution is -2.03.